The molecule has 0 aliphatic carbocycles. The van der Waals surface area contributed by atoms with Crippen molar-refractivity contribution in [1.82, 2.24) is 4.90 Å². The minimum absolute atomic E-state index is 0.0101. The first-order valence-electron chi connectivity index (χ1n) is 6.44. The Morgan fingerprint density at radius 3 is 2.47 bits per heavy atom. The van der Waals surface area contributed by atoms with Crippen molar-refractivity contribution in [2.45, 2.75) is 33.2 Å². The van der Waals surface area contributed by atoms with Crippen molar-refractivity contribution >= 4 is 23.4 Å². The molecule has 1 N–H and O–H groups in total. The number of carbonyl (C=O) groups excluding carboxylic acids is 3. The summed E-state index contributed by atoms with van der Waals surface area (Å²) < 4.78 is 7.81. The fourth-order valence-corrected chi connectivity index (χ4v) is 2.11. The zero-order valence-corrected chi connectivity index (χ0v) is 11.3. The SMILES string of the molecule is [2H]c1ccc2c(c1NC(C)=O)C(=O)N(C(C)(C)C)C2=O. The van der Waals surface area contributed by atoms with E-state index in [4.69, 9.17) is 1.37 Å². The van der Waals surface area contributed by atoms with E-state index < -0.39 is 17.4 Å². The van der Waals surface area contributed by atoms with Gasteiger partial charge >= 0.3 is 0 Å². The summed E-state index contributed by atoms with van der Waals surface area (Å²) in [6, 6.07) is 2.87. The molecule has 100 valence electrons. The summed E-state index contributed by atoms with van der Waals surface area (Å²) in [6.45, 7) is 6.57. The normalized spacial score (nSPS) is 15.4. The molecule has 5 nitrogen and oxygen atoms in total. The average molecular weight is 261 g/mol. The Balaban J connectivity index is 2.64. The Morgan fingerprint density at radius 1 is 1.32 bits per heavy atom. The number of benzene rings is 1. The molecule has 19 heavy (non-hydrogen) atoms. The zero-order valence-electron chi connectivity index (χ0n) is 12.3. The summed E-state index contributed by atoms with van der Waals surface area (Å²) in [5.41, 5.74) is -0.236. The second-order valence-electron chi connectivity index (χ2n) is 5.44. The molecular formula is C14H16N2O3. The van der Waals surface area contributed by atoms with Gasteiger partial charge in [0.2, 0.25) is 5.91 Å². The van der Waals surface area contributed by atoms with Gasteiger partial charge < -0.3 is 5.32 Å². The minimum atomic E-state index is -0.664. The molecule has 0 radical (unpaired) electrons. The van der Waals surface area contributed by atoms with E-state index in [-0.39, 0.29) is 28.8 Å². The lowest BCUT2D eigenvalue weighted by Gasteiger charge is -2.29. The van der Waals surface area contributed by atoms with Crippen molar-refractivity contribution in [3.8, 4) is 0 Å². The standard InChI is InChI=1S/C14H16N2O3/c1-8(17)15-10-7-5-6-9-11(10)13(19)16(12(9)18)14(2,3)4/h5-7H,1-4H3,(H,15,17)/i7D. The Kier molecular flexibility index (Phi) is 2.62. The van der Waals surface area contributed by atoms with Crippen molar-refractivity contribution in [1.29, 1.82) is 0 Å². The van der Waals surface area contributed by atoms with E-state index in [1.165, 1.54) is 19.1 Å². The molecule has 0 spiro atoms. The number of hydrogen-bond acceptors (Lipinski definition) is 3. The van der Waals surface area contributed by atoms with Gasteiger partial charge in [0.1, 0.15) is 0 Å². The van der Waals surface area contributed by atoms with Gasteiger partial charge in [0.05, 0.1) is 18.2 Å². The van der Waals surface area contributed by atoms with E-state index in [1.807, 2.05) is 0 Å². The number of nitrogens with zero attached hydrogens (tertiary/aromatic N) is 1. The van der Waals surface area contributed by atoms with E-state index in [0.717, 1.165) is 4.90 Å². The second kappa shape index (κ2) is 4.19. The van der Waals surface area contributed by atoms with Crippen molar-refractivity contribution in [2.24, 2.45) is 0 Å². The van der Waals surface area contributed by atoms with Gasteiger partial charge in [-0.05, 0) is 32.9 Å². The molecule has 0 atom stereocenters. The summed E-state index contributed by atoms with van der Waals surface area (Å²) >= 11 is 0. The van der Waals surface area contributed by atoms with Gasteiger partial charge in [0.15, 0.2) is 0 Å². The van der Waals surface area contributed by atoms with Crippen LogP contribution in [0.2, 0.25) is 0 Å². The van der Waals surface area contributed by atoms with Crippen LogP contribution in [0.25, 0.3) is 0 Å². The van der Waals surface area contributed by atoms with Gasteiger partial charge in [-0.15, -0.1) is 0 Å². The number of nitrogens with one attached hydrogen (secondary N) is 1. The number of imide groups is 1. The van der Waals surface area contributed by atoms with Crippen LogP contribution in [0.3, 0.4) is 0 Å². The number of fused-ring (bicyclic) bond motifs is 1. The first-order valence-corrected chi connectivity index (χ1v) is 5.94. The van der Waals surface area contributed by atoms with Crippen LogP contribution in [0, 0.1) is 0 Å². The maximum atomic E-state index is 12.5. The molecule has 0 aromatic heterocycles. The fourth-order valence-electron chi connectivity index (χ4n) is 2.11. The van der Waals surface area contributed by atoms with Crippen LogP contribution in [-0.2, 0) is 4.79 Å². The summed E-state index contributed by atoms with van der Waals surface area (Å²) in [4.78, 5) is 37.2. The van der Waals surface area contributed by atoms with Crippen molar-refractivity contribution in [3.63, 3.8) is 0 Å². The molecule has 1 heterocycles. The lowest BCUT2D eigenvalue weighted by molar-refractivity contribution is -0.114. The average Bonchev–Trinajstić information content (AvgIpc) is 2.54. The van der Waals surface area contributed by atoms with E-state index >= 15 is 0 Å². The molecule has 0 saturated heterocycles. The van der Waals surface area contributed by atoms with Crippen LogP contribution in [0.4, 0.5) is 5.69 Å². The van der Waals surface area contributed by atoms with Gasteiger partial charge in [-0.25, -0.2) is 0 Å². The van der Waals surface area contributed by atoms with Gasteiger partial charge in [-0.2, -0.15) is 0 Å². The summed E-state index contributed by atoms with van der Waals surface area (Å²) in [5, 5.41) is 2.47. The number of anilines is 1. The molecule has 1 aromatic carbocycles. The number of hydrogen-bond donors (Lipinski definition) is 1. The van der Waals surface area contributed by atoms with Crippen LogP contribution < -0.4 is 5.32 Å². The monoisotopic (exact) mass is 261 g/mol. The number of amides is 3. The van der Waals surface area contributed by atoms with Crippen molar-refractivity contribution < 1.29 is 15.8 Å². The Bertz CT molecular complexity index is 632. The first kappa shape index (κ1) is 11.9. The lowest BCUT2D eigenvalue weighted by Crippen LogP contribution is -2.45. The molecule has 0 fully saturated rings. The van der Waals surface area contributed by atoms with Gasteiger partial charge in [0, 0.05) is 12.5 Å². The van der Waals surface area contributed by atoms with E-state index in [9.17, 15) is 14.4 Å². The van der Waals surface area contributed by atoms with Gasteiger partial charge in [-0.3, -0.25) is 19.3 Å². The molecule has 1 aromatic rings. The summed E-state index contributed by atoms with van der Waals surface area (Å²) in [5.74, 6) is -1.26. The van der Waals surface area contributed by atoms with Crippen LogP contribution in [-0.4, -0.2) is 28.2 Å². The third kappa shape index (κ3) is 2.12. The quantitative estimate of drug-likeness (QED) is 0.787. The molecule has 2 rings (SSSR count). The zero-order chi connectivity index (χ0) is 15.2. The number of rotatable bonds is 1. The lowest BCUT2D eigenvalue weighted by atomic mass is 10.1. The fraction of sp³-hybridized carbons (Fsp3) is 0.357. The molecule has 0 saturated carbocycles. The maximum Gasteiger partial charge on any atom is 0.264 e. The van der Waals surface area contributed by atoms with Gasteiger partial charge in [-0.1, -0.05) is 6.07 Å². The highest BCUT2D eigenvalue weighted by Crippen LogP contribution is 2.33. The summed E-state index contributed by atoms with van der Waals surface area (Å²) in [6.07, 6.45) is 0. The number of carbonyl (C=O) groups is 3. The highest BCUT2D eigenvalue weighted by Gasteiger charge is 2.43. The topological polar surface area (TPSA) is 66.5 Å². The minimum Gasteiger partial charge on any atom is -0.326 e. The van der Waals surface area contributed by atoms with Crippen molar-refractivity contribution in [3.05, 3.63) is 29.3 Å². The van der Waals surface area contributed by atoms with Crippen LogP contribution in [0.5, 0.6) is 0 Å². The third-order valence-electron chi connectivity index (χ3n) is 2.82. The molecule has 5 heteroatoms. The smallest absolute Gasteiger partial charge is 0.264 e. The van der Waals surface area contributed by atoms with E-state index in [0.29, 0.717) is 0 Å². The van der Waals surface area contributed by atoms with Crippen LogP contribution in [0.15, 0.2) is 18.2 Å². The van der Waals surface area contributed by atoms with Crippen molar-refractivity contribution in [2.75, 3.05) is 5.32 Å². The Labute approximate surface area is 113 Å². The summed E-state index contributed by atoms with van der Waals surface area (Å²) in [7, 11) is 0. The third-order valence-corrected chi connectivity index (χ3v) is 2.82. The first-order chi connectivity index (χ1) is 9.14. The molecule has 1 aliphatic rings. The largest absolute Gasteiger partial charge is 0.326 e. The van der Waals surface area contributed by atoms with Crippen LogP contribution >= 0.6 is 0 Å². The second-order valence-corrected chi connectivity index (χ2v) is 5.44. The van der Waals surface area contributed by atoms with E-state index in [1.54, 1.807) is 20.8 Å². The Morgan fingerprint density at radius 2 is 1.95 bits per heavy atom. The predicted molar refractivity (Wildman–Crippen MR) is 71.0 cm³/mol. The molecule has 1 aliphatic heterocycles. The molecule has 0 unspecified atom stereocenters. The maximum absolute atomic E-state index is 12.5. The Hall–Kier alpha value is -2.17. The molecule has 0 bridgehead atoms. The highest BCUT2D eigenvalue weighted by atomic mass is 16.2. The highest BCUT2D eigenvalue weighted by molar-refractivity contribution is 6.24. The molecule has 3 amide bonds. The van der Waals surface area contributed by atoms with Gasteiger partial charge in [0.25, 0.3) is 11.8 Å². The molecular weight excluding hydrogens is 244 g/mol. The van der Waals surface area contributed by atoms with E-state index in [2.05, 4.69) is 5.32 Å². The predicted octanol–water partition coefficient (Wildman–Crippen LogP) is 2.04. The van der Waals surface area contributed by atoms with Crippen LogP contribution in [0.1, 0.15) is 49.8 Å².